The highest BCUT2D eigenvalue weighted by atomic mass is 16.3. The van der Waals surface area contributed by atoms with Crippen LogP contribution in [0.2, 0.25) is 0 Å². The van der Waals surface area contributed by atoms with Gasteiger partial charge < -0.3 is 10.4 Å². The van der Waals surface area contributed by atoms with Gasteiger partial charge in [-0.15, -0.1) is 0 Å². The van der Waals surface area contributed by atoms with Crippen molar-refractivity contribution < 1.29 is 9.90 Å². The molecule has 0 aliphatic heterocycles. The van der Waals surface area contributed by atoms with Crippen LogP contribution in [0.1, 0.15) is 31.2 Å². The van der Waals surface area contributed by atoms with E-state index in [-0.39, 0.29) is 5.91 Å². The van der Waals surface area contributed by atoms with Gasteiger partial charge in [-0.3, -0.25) is 14.8 Å². The van der Waals surface area contributed by atoms with Crippen LogP contribution < -0.4 is 5.32 Å². The first-order valence-electron chi connectivity index (χ1n) is 5.30. The monoisotopic (exact) mass is 223 g/mol. The van der Waals surface area contributed by atoms with Crippen molar-refractivity contribution in [2.24, 2.45) is 0 Å². The van der Waals surface area contributed by atoms with Crippen LogP contribution in [0.4, 0.5) is 0 Å². The summed E-state index contributed by atoms with van der Waals surface area (Å²) in [5, 5.41) is 11.7. The lowest BCUT2D eigenvalue weighted by Gasteiger charge is -2.05. The molecule has 1 amide bonds. The van der Waals surface area contributed by atoms with E-state index in [1.165, 1.54) is 0 Å². The van der Waals surface area contributed by atoms with Gasteiger partial charge in [0.2, 0.25) is 5.91 Å². The number of carbonyl (C=O) groups is 1. The molecule has 0 radical (unpaired) electrons. The van der Waals surface area contributed by atoms with Crippen LogP contribution in [0.5, 0.6) is 0 Å². The highest BCUT2D eigenvalue weighted by Crippen LogP contribution is 1.97. The molecule has 0 saturated carbocycles. The molecule has 0 bridgehead atoms. The number of hydrogen-bond donors (Lipinski definition) is 2. The van der Waals surface area contributed by atoms with Crippen molar-refractivity contribution in [2.75, 3.05) is 0 Å². The van der Waals surface area contributed by atoms with Crippen molar-refractivity contribution in [3.63, 3.8) is 0 Å². The average Bonchev–Trinajstić information content (AvgIpc) is 2.25. The van der Waals surface area contributed by atoms with Gasteiger partial charge in [-0.05, 0) is 20.3 Å². The Kier molecular flexibility index (Phi) is 4.85. The number of aryl methyl sites for hydroxylation is 1. The van der Waals surface area contributed by atoms with E-state index in [2.05, 4.69) is 15.3 Å². The smallest absolute Gasteiger partial charge is 0.220 e. The first kappa shape index (κ1) is 12.6. The minimum Gasteiger partial charge on any atom is -0.393 e. The van der Waals surface area contributed by atoms with Gasteiger partial charge in [0.1, 0.15) is 0 Å². The lowest BCUT2D eigenvalue weighted by molar-refractivity contribution is -0.121. The Morgan fingerprint density at radius 2 is 2.25 bits per heavy atom. The van der Waals surface area contributed by atoms with Crippen molar-refractivity contribution in [2.45, 2.75) is 39.3 Å². The standard InChI is InChI=1S/C11H17N3O2/c1-8-5-13-10(6-12-8)7-14-11(16)4-3-9(2)15/h5-6,9,15H,3-4,7H2,1-2H3,(H,14,16). The quantitative estimate of drug-likeness (QED) is 0.765. The summed E-state index contributed by atoms with van der Waals surface area (Å²) in [7, 11) is 0. The van der Waals surface area contributed by atoms with E-state index in [1.807, 2.05) is 6.92 Å². The van der Waals surface area contributed by atoms with Crippen molar-refractivity contribution in [1.29, 1.82) is 0 Å². The second-order valence-electron chi connectivity index (χ2n) is 3.81. The fourth-order valence-corrected chi connectivity index (χ4v) is 1.13. The Morgan fingerprint density at radius 3 is 2.81 bits per heavy atom. The van der Waals surface area contributed by atoms with Gasteiger partial charge in [-0.2, -0.15) is 0 Å². The van der Waals surface area contributed by atoms with Crippen LogP contribution in [-0.2, 0) is 11.3 Å². The summed E-state index contributed by atoms with van der Waals surface area (Å²) in [5.41, 5.74) is 1.58. The lowest BCUT2D eigenvalue weighted by atomic mass is 10.2. The summed E-state index contributed by atoms with van der Waals surface area (Å²) in [5.74, 6) is -0.0803. The molecule has 1 aromatic rings. The predicted molar refractivity (Wildman–Crippen MR) is 59.5 cm³/mol. The SMILES string of the molecule is Cc1cnc(CNC(=O)CCC(C)O)cn1. The number of aromatic nitrogens is 2. The number of amides is 1. The predicted octanol–water partition coefficient (Wildman–Crippen LogP) is 0.562. The zero-order valence-corrected chi connectivity index (χ0v) is 9.60. The fourth-order valence-electron chi connectivity index (χ4n) is 1.13. The summed E-state index contributed by atoms with van der Waals surface area (Å²) < 4.78 is 0. The number of carbonyl (C=O) groups excluding carboxylic acids is 1. The minimum atomic E-state index is -0.440. The number of nitrogens with one attached hydrogen (secondary N) is 1. The maximum absolute atomic E-state index is 11.3. The highest BCUT2D eigenvalue weighted by Gasteiger charge is 2.04. The topological polar surface area (TPSA) is 75.1 Å². The van der Waals surface area contributed by atoms with Crippen molar-refractivity contribution >= 4 is 5.91 Å². The molecule has 88 valence electrons. The summed E-state index contributed by atoms with van der Waals surface area (Å²) in [6.07, 6.45) is 3.68. The molecular formula is C11H17N3O2. The van der Waals surface area contributed by atoms with Crippen LogP contribution >= 0.6 is 0 Å². The van der Waals surface area contributed by atoms with Crippen LogP contribution in [0.3, 0.4) is 0 Å². The van der Waals surface area contributed by atoms with Gasteiger partial charge in [0.05, 0.1) is 30.2 Å². The van der Waals surface area contributed by atoms with E-state index >= 15 is 0 Å². The van der Waals surface area contributed by atoms with E-state index in [0.717, 1.165) is 11.4 Å². The number of nitrogens with zero attached hydrogens (tertiary/aromatic N) is 2. The average molecular weight is 223 g/mol. The van der Waals surface area contributed by atoms with Crippen LogP contribution in [-0.4, -0.2) is 27.1 Å². The molecule has 1 rings (SSSR count). The molecule has 16 heavy (non-hydrogen) atoms. The Balaban J connectivity index is 2.29. The number of aliphatic hydroxyl groups is 1. The third-order valence-electron chi connectivity index (χ3n) is 2.09. The van der Waals surface area contributed by atoms with Gasteiger partial charge >= 0.3 is 0 Å². The van der Waals surface area contributed by atoms with Crippen LogP contribution in [0, 0.1) is 6.92 Å². The molecule has 5 nitrogen and oxygen atoms in total. The van der Waals surface area contributed by atoms with Gasteiger partial charge in [0.15, 0.2) is 0 Å². The van der Waals surface area contributed by atoms with Gasteiger partial charge in [0.25, 0.3) is 0 Å². The third-order valence-corrected chi connectivity index (χ3v) is 2.09. The summed E-state index contributed by atoms with van der Waals surface area (Å²) >= 11 is 0. The second-order valence-corrected chi connectivity index (χ2v) is 3.81. The molecule has 0 aliphatic carbocycles. The first-order valence-corrected chi connectivity index (χ1v) is 5.30. The lowest BCUT2D eigenvalue weighted by Crippen LogP contribution is -2.24. The second kappa shape index (κ2) is 6.17. The van der Waals surface area contributed by atoms with Crippen molar-refractivity contribution in [3.05, 3.63) is 23.8 Å². The van der Waals surface area contributed by atoms with Crippen LogP contribution in [0.15, 0.2) is 12.4 Å². The van der Waals surface area contributed by atoms with Gasteiger partial charge in [-0.1, -0.05) is 0 Å². The zero-order chi connectivity index (χ0) is 12.0. The van der Waals surface area contributed by atoms with Crippen molar-refractivity contribution in [3.8, 4) is 0 Å². The Labute approximate surface area is 94.9 Å². The molecule has 0 saturated heterocycles. The molecule has 1 atom stereocenters. The van der Waals surface area contributed by atoms with E-state index in [9.17, 15) is 4.79 Å². The first-order chi connectivity index (χ1) is 7.58. The molecule has 0 aromatic carbocycles. The number of aliphatic hydroxyl groups excluding tert-OH is 1. The minimum absolute atomic E-state index is 0.0803. The number of hydrogen-bond acceptors (Lipinski definition) is 4. The Hall–Kier alpha value is -1.49. The molecule has 0 spiro atoms. The zero-order valence-electron chi connectivity index (χ0n) is 9.60. The third kappa shape index (κ3) is 4.84. The van der Waals surface area contributed by atoms with Gasteiger partial charge in [-0.25, -0.2) is 0 Å². The molecule has 0 fully saturated rings. The molecule has 0 aliphatic rings. The van der Waals surface area contributed by atoms with Crippen LogP contribution in [0.25, 0.3) is 0 Å². The summed E-state index contributed by atoms with van der Waals surface area (Å²) in [6.45, 7) is 3.91. The molecule has 2 N–H and O–H groups in total. The maximum Gasteiger partial charge on any atom is 0.220 e. The van der Waals surface area contributed by atoms with E-state index in [4.69, 9.17) is 5.11 Å². The Morgan fingerprint density at radius 1 is 1.50 bits per heavy atom. The van der Waals surface area contributed by atoms with E-state index < -0.39 is 6.10 Å². The largest absolute Gasteiger partial charge is 0.393 e. The highest BCUT2D eigenvalue weighted by molar-refractivity contribution is 5.75. The normalized spacial score (nSPS) is 12.2. The summed E-state index contributed by atoms with van der Waals surface area (Å²) in [6, 6.07) is 0. The van der Waals surface area contributed by atoms with Gasteiger partial charge in [0, 0.05) is 12.6 Å². The maximum atomic E-state index is 11.3. The molecule has 1 heterocycles. The molecular weight excluding hydrogens is 206 g/mol. The molecule has 5 heteroatoms. The number of rotatable bonds is 5. The van der Waals surface area contributed by atoms with E-state index in [1.54, 1.807) is 19.3 Å². The van der Waals surface area contributed by atoms with Crippen molar-refractivity contribution in [1.82, 2.24) is 15.3 Å². The molecule has 1 unspecified atom stereocenters. The molecule has 1 aromatic heterocycles. The summed E-state index contributed by atoms with van der Waals surface area (Å²) in [4.78, 5) is 19.5. The Bertz CT molecular complexity index is 336. The van der Waals surface area contributed by atoms with E-state index in [0.29, 0.717) is 19.4 Å². The fraction of sp³-hybridized carbons (Fsp3) is 0.545.